The van der Waals surface area contributed by atoms with Gasteiger partial charge in [0.1, 0.15) is 5.75 Å². The van der Waals surface area contributed by atoms with Crippen molar-refractivity contribution in [2.24, 2.45) is 0 Å². The van der Waals surface area contributed by atoms with Crippen LogP contribution < -0.4 is 10.1 Å². The number of rotatable bonds is 7. The van der Waals surface area contributed by atoms with E-state index in [4.69, 9.17) is 4.74 Å². The number of ether oxygens (including phenoxy) is 1. The van der Waals surface area contributed by atoms with E-state index in [1.54, 1.807) is 12.1 Å². The first-order valence-electron chi connectivity index (χ1n) is 8.62. The molecule has 0 aromatic heterocycles. The lowest BCUT2D eigenvalue weighted by molar-refractivity contribution is -0.116. The van der Waals surface area contributed by atoms with Gasteiger partial charge in [0, 0.05) is 26.2 Å². The van der Waals surface area contributed by atoms with E-state index in [1.807, 2.05) is 32.0 Å². The van der Waals surface area contributed by atoms with Crippen LogP contribution >= 0.6 is 0 Å². The Morgan fingerprint density at radius 2 is 1.85 bits per heavy atom. The first-order valence-corrected chi connectivity index (χ1v) is 10.1. The molecule has 0 radical (unpaired) electrons. The topological polar surface area (TPSA) is 75.7 Å². The first-order chi connectivity index (χ1) is 12.7. The number of hydrogen-bond donors (Lipinski definition) is 1. The molecule has 2 rings (SSSR count). The summed E-state index contributed by atoms with van der Waals surface area (Å²) in [5.41, 5.74) is 3.60. The van der Waals surface area contributed by atoms with E-state index in [1.165, 1.54) is 27.3 Å². The number of nitrogens with zero attached hydrogens (tertiary/aromatic N) is 1. The molecule has 0 aliphatic rings. The lowest BCUT2D eigenvalue weighted by Gasteiger charge is -2.15. The van der Waals surface area contributed by atoms with Gasteiger partial charge in [-0.1, -0.05) is 12.1 Å². The van der Waals surface area contributed by atoms with Crippen LogP contribution in [0.5, 0.6) is 5.75 Å². The Morgan fingerprint density at radius 3 is 2.48 bits per heavy atom. The van der Waals surface area contributed by atoms with Crippen LogP contribution in [0.3, 0.4) is 0 Å². The third-order valence-electron chi connectivity index (χ3n) is 4.53. The van der Waals surface area contributed by atoms with Gasteiger partial charge in [0.2, 0.25) is 15.9 Å². The van der Waals surface area contributed by atoms with Crippen LogP contribution in [0, 0.1) is 13.8 Å². The number of anilines is 1. The molecule has 27 heavy (non-hydrogen) atoms. The average Bonchev–Trinajstić information content (AvgIpc) is 2.63. The lowest BCUT2D eigenvalue weighted by atomic mass is 10.1. The number of nitrogens with one attached hydrogen (secondary N) is 1. The number of carbonyl (C=O) groups excluding carboxylic acids is 1. The van der Waals surface area contributed by atoms with Gasteiger partial charge in [-0.15, -0.1) is 0 Å². The molecule has 0 heterocycles. The highest BCUT2D eigenvalue weighted by Gasteiger charge is 2.19. The van der Waals surface area contributed by atoms with Crippen LogP contribution in [0.15, 0.2) is 41.3 Å². The van der Waals surface area contributed by atoms with Crippen LogP contribution in [0.4, 0.5) is 5.69 Å². The summed E-state index contributed by atoms with van der Waals surface area (Å²) in [6.45, 7) is 3.95. The second-order valence-electron chi connectivity index (χ2n) is 6.56. The summed E-state index contributed by atoms with van der Waals surface area (Å²) in [4.78, 5) is 12.5. The molecule has 0 bridgehead atoms. The van der Waals surface area contributed by atoms with Crippen LogP contribution in [0.2, 0.25) is 0 Å². The van der Waals surface area contributed by atoms with Gasteiger partial charge < -0.3 is 10.1 Å². The van der Waals surface area contributed by atoms with Gasteiger partial charge >= 0.3 is 0 Å². The predicted molar refractivity (Wildman–Crippen MR) is 107 cm³/mol. The minimum atomic E-state index is -3.54. The summed E-state index contributed by atoms with van der Waals surface area (Å²) in [6.07, 6.45) is 0.589. The molecule has 0 spiro atoms. The molecule has 0 fully saturated rings. The van der Waals surface area contributed by atoms with E-state index in [0.717, 1.165) is 21.1 Å². The Kier molecular flexibility index (Phi) is 6.62. The SMILES string of the molecule is COc1ccc(S(=O)(=O)N(C)C)cc1CCC(=O)Nc1cccc(C)c1C. The number of sulfonamides is 1. The van der Waals surface area contributed by atoms with Crippen molar-refractivity contribution in [3.8, 4) is 5.75 Å². The maximum atomic E-state index is 12.4. The fourth-order valence-electron chi connectivity index (χ4n) is 2.67. The molecule has 146 valence electrons. The third-order valence-corrected chi connectivity index (χ3v) is 6.34. The van der Waals surface area contributed by atoms with E-state index < -0.39 is 10.0 Å². The molecule has 0 unspecified atom stereocenters. The molecule has 0 saturated heterocycles. The van der Waals surface area contributed by atoms with Crippen LogP contribution in [-0.2, 0) is 21.2 Å². The highest BCUT2D eigenvalue weighted by Crippen LogP contribution is 2.25. The predicted octanol–water partition coefficient (Wildman–Crippen LogP) is 3.13. The molecule has 0 aliphatic carbocycles. The second kappa shape index (κ2) is 8.54. The van der Waals surface area contributed by atoms with E-state index in [0.29, 0.717) is 17.7 Å². The van der Waals surface area contributed by atoms with E-state index in [2.05, 4.69) is 5.32 Å². The summed E-state index contributed by atoms with van der Waals surface area (Å²) in [6, 6.07) is 10.5. The third kappa shape index (κ3) is 4.87. The molecular formula is C20H26N2O4S. The van der Waals surface area contributed by atoms with Crippen molar-refractivity contribution < 1.29 is 17.9 Å². The molecule has 2 aromatic rings. The Bertz CT molecular complexity index is 937. The first kappa shape index (κ1) is 20.9. The maximum Gasteiger partial charge on any atom is 0.242 e. The van der Waals surface area contributed by atoms with Gasteiger partial charge in [0.05, 0.1) is 12.0 Å². The van der Waals surface area contributed by atoms with Crippen molar-refractivity contribution in [1.29, 1.82) is 0 Å². The van der Waals surface area contributed by atoms with Gasteiger partial charge in [-0.05, 0) is 61.2 Å². The molecule has 1 N–H and O–H groups in total. The van der Waals surface area contributed by atoms with Gasteiger partial charge in [-0.2, -0.15) is 0 Å². The van der Waals surface area contributed by atoms with Crippen molar-refractivity contribution in [1.82, 2.24) is 4.31 Å². The van der Waals surface area contributed by atoms with Crippen LogP contribution in [-0.4, -0.2) is 39.8 Å². The Morgan fingerprint density at radius 1 is 1.15 bits per heavy atom. The fraction of sp³-hybridized carbons (Fsp3) is 0.350. The lowest BCUT2D eigenvalue weighted by Crippen LogP contribution is -2.22. The number of hydrogen-bond acceptors (Lipinski definition) is 4. The summed E-state index contributed by atoms with van der Waals surface area (Å²) >= 11 is 0. The van der Waals surface area contributed by atoms with Crippen molar-refractivity contribution in [3.63, 3.8) is 0 Å². The van der Waals surface area contributed by atoms with Crippen LogP contribution in [0.1, 0.15) is 23.1 Å². The zero-order valence-corrected chi connectivity index (χ0v) is 17.2. The minimum Gasteiger partial charge on any atom is -0.496 e. The molecule has 0 saturated carbocycles. The number of carbonyl (C=O) groups is 1. The summed E-state index contributed by atoms with van der Waals surface area (Å²) in [5.74, 6) is 0.430. The van der Waals surface area contributed by atoms with E-state index >= 15 is 0 Å². The standard InChI is InChI=1S/C20H26N2O4S/c1-14-7-6-8-18(15(14)2)21-20(23)12-9-16-13-17(10-11-19(16)26-5)27(24,25)22(3)4/h6-8,10-11,13H,9,12H2,1-5H3,(H,21,23). The number of methoxy groups -OCH3 is 1. The van der Waals surface area contributed by atoms with Gasteiger partial charge in [0.15, 0.2) is 0 Å². The molecule has 7 heteroatoms. The largest absolute Gasteiger partial charge is 0.496 e. The quantitative estimate of drug-likeness (QED) is 0.788. The Hall–Kier alpha value is -2.38. The molecule has 0 atom stereocenters. The van der Waals surface area contributed by atoms with Gasteiger partial charge in [-0.25, -0.2) is 12.7 Å². The van der Waals surface area contributed by atoms with Crippen molar-refractivity contribution >= 4 is 21.6 Å². The van der Waals surface area contributed by atoms with E-state index in [-0.39, 0.29) is 17.2 Å². The maximum absolute atomic E-state index is 12.4. The number of benzene rings is 2. The fourth-order valence-corrected chi connectivity index (χ4v) is 3.62. The minimum absolute atomic E-state index is 0.133. The smallest absolute Gasteiger partial charge is 0.242 e. The second-order valence-corrected chi connectivity index (χ2v) is 8.71. The summed E-state index contributed by atoms with van der Waals surface area (Å²) in [7, 11) is 0.944. The molecule has 2 aromatic carbocycles. The molecule has 0 aliphatic heterocycles. The van der Waals surface area contributed by atoms with Gasteiger partial charge in [-0.3, -0.25) is 4.79 Å². The van der Waals surface area contributed by atoms with Crippen molar-refractivity contribution in [3.05, 3.63) is 53.1 Å². The zero-order chi connectivity index (χ0) is 20.2. The number of amides is 1. The number of aryl methyl sites for hydroxylation is 2. The summed E-state index contributed by atoms with van der Waals surface area (Å²) in [5, 5.41) is 2.92. The van der Waals surface area contributed by atoms with E-state index in [9.17, 15) is 13.2 Å². The van der Waals surface area contributed by atoms with Gasteiger partial charge in [0.25, 0.3) is 0 Å². The van der Waals surface area contributed by atoms with Crippen molar-refractivity contribution in [2.75, 3.05) is 26.5 Å². The Labute approximate surface area is 161 Å². The zero-order valence-electron chi connectivity index (χ0n) is 16.4. The highest BCUT2D eigenvalue weighted by atomic mass is 32.2. The van der Waals surface area contributed by atoms with Crippen molar-refractivity contribution in [2.45, 2.75) is 31.6 Å². The normalized spacial score (nSPS) is 11.5. The van der Waals surface area contributed by atoms with Crippen LogP contribution in [0.25, 0.3) is 0 Å². The average molecular weight is 391 g/mol. The Balaban J connectivity index is 2.16. The molecule has 6 nitrogen and oxygen atoms in total. The highest BCUT2D eigenvalue weighted by molar-refractivity contribution is 7.89. The monoisotopic (exact) mass is 390 g/mol. The molecular weight excluding hydrogens is 364 g/mol. The summed E-state index contributed by atoms with van der Waals surface area (Å²) < 4.78 is 31.2. The molecule has 1 amide bonds.